The number of hydrogen-bond donors (Lipinski definition) is 2. The highest BCUT2D eigenvalue weighted by Gasteiger charge is 1.90. The van der Waals surface area contributed by atoms with Gasteiger partial charge >= 0.3 is 0 Å². The van der Waals surface area contributed by atoms with Crippen LogP contribution in [0.3, 0.4) is 0 Å². The molecular formula is C3H3N2OS. The lowest BCUT2D eigenvalue weighted by molar-refractivity contribution is 0.370. The van der Waals surface area contributed by atoms with E-state index in [0.29, 0.717) is 0 Å². The monoisotopic (exact) mass is 115 g/mol. The van der Waals surface area contributed by atoms with Gasteiger partial charge in [0, 0.05) is 5.41 Å². The van der Waals surface area contributed by atoms with Crippen molar-refractivity contribution in [1.82, 2.24) is 5.43 Å². The van der Waals surface area contributed by atoms with Crippen molar-refractivity contribution in [3.63, 3.8) is 0 Å². The third-order valence-corrected chi connectivity index (χ3v) is 0.977. The summed E-state index contributed by atoms with van der Waals surface area (Å²) in [5.74, 6) is 0.0729. The lowest BCUT2D eigenvalue weighted by Gasteiger charge is -1.98. The Bertz CT molecular complexity index is 120. The zero-order valence-electron chi connectivity index (χ0n) is 3.38. The van der Waals surface area contributed by atoms with Gasteiger partial charge in [0.25, 0.3) is 0 Å². The Morgan fingerprint density at radius 2 is 2.86 bits per heavy atom. The van der Waals surface area contributed by atoms with E-state index in [2.05, 4.69) is 16.1 Å². The highest BCUT2D eigenvalue weighted by atomic mass is 32.2. The molecule has 3 nitrogen and oxygen atoms in total. The average molecular weight is 115 g/mol. The van der Waals surface area contributed by atoms with E-state index in [-0.39, 0.29) is 5.88 Å². The van der Waals surface area contributed by atoms with Gasteiger partial charge < -0.3 is 5.11 Å². The van der Waals surface area contributed by atoms with Crippen LogP contribution < -0.4 is 5.43 Å². The van der Waals surface area contributed by atoms with Crippen LogP contribution in [0.1, 0.15) is 0 Å². The Morgan fingerprint density at radius 1 is 2.00 bits per heavy atom. The first-order chi connectivity index (χ1) is 3.39. The van der Waals surface area contributed by atoms with E-state index in [9.17, 15) is 0 Å². The zero-order chi connectivity index (χ0) is 5.11. The number of nitrogens with one attached hydrogen (secondary N) is 1. The molecule has 0 bridgehead atoms. The summed E-state index contributed by atoms with van der Waals surface area (Å²) in [7, 11) is 0. The van der Waals surface area contributed by atoms with Crippen LogP contribution in [0.15, 0.2) is 16.4 Å². The first-order valence-electron chi connectivity index (χ1n) is 1.65. The summed E-state index contributed by atoms with van der Waals surface area (Å²) in [5.41, 5.74) is 4.80. The fourth-order valence-electron chi connectivity index (χ4n) is 0.215. The molecule has 4 heteroatoms. The van der Waals surface area contributed by atoms with Gasteiger partial charge in [0.1, 0.15) is 0 Å². The minimum atomic E-state index is 0.0729. The van der Waals surface area contributed by atoms with Crippen molar-refractivity contribution < 1.29 is 5.11 Å². The van der Waals surface area contributed by atoms with Crippen LogP contribution in [0.25, 0.3) is 0 Å². The Morgan fingerprint density at radius 3 is 3.14 bits per heavy atom. The molecule has 2 N–H and O–H groups in total. The van der Waals surface area contributed by atoms with Gasteiger partial charge in [-0.2, -0.15) is 5.10 Å². The molecule has 0 saturated carbocycles. The van der Waals surface area contributed by atoms with E-state index < -0.39 is 0 Å². The summed E-state index contributed by atoms with van der Waals surface area (Å²) >= 11 is 1.21. The fraction of sp³-hybridized carbons (Fsp3) is 0. The summed E-state index contributed by atoms with van der Waals surface area (Å²) in [4.78, 5) is 0. The number of nitrogens with zero attached hydrogens (tertiary/aromatic N) is 1. The molecule has 37 valence electrons. The lowest BCUT2D eigenvalue weighted by Crippen LogP contribution is -2.05. The predicted molar refractivity (Wildman–Crippen MR) is 28.9 cm³/mol. The quantitative estimate of drug-likeness (QED) is 0.483. The van der Waals surface area contributed by atoms with Crippen LogP contribution in [0, 0.1) is 0 Å². The summed E-state index contributed by atoms with van der Waals surface area (Å²) in [6.07, 6.45) is 0. The summed E-state index contributed by atoms with van der Waals surface area (Å²) in [6, 6.07) is 0. The normalized spacial score (nSPS) is 18.0. The number of aliphatic hydroxyl groups is 1. The Hall–Kier alpha value is -0.640. The van der Waals surface area contributed by atoms with Crippen LogP contribution >= 0.6 is 11.8 Å². The van der Waals surface area contributed by atoms with E-state index in [1.165, 1.54) is 17.2 Å². The van der Waals surface area contributed by atoms with Crippen molar-refractivity contribution in [2.75, 3.05) is 0 Å². The molecule has 0 fully saturated rings. The Labute approximate surface area is 45.1 Å². The number of rotatable bonds is 0. The maximum Gasteiger partial charge on any atom is 0.211 e. The number of hydrazone groups is 1. The third kappa shape index (κ3) is 1.12. The van der Waals surface area contributed by atoms with Gasteiger partial charge in [-0.25, -0.2) is 5.43 Å². The van der Waals surface area contributed by atoms with Gasteiger partial charge in [0.15, 0.2) is 5.55 Å². The molecule has 0 aromatic rings. The Kier molecular flexibility index (Phi) is 1.21. The second-order valence-corrected chi connectivity index (χ2v) is 1.59. The van der Waals surface area contributed by atoms with E-state index >= 15 is 0 Å². The average Bonchev–Trinajstić information content (AvgIpc) is 1.69. The highest BCUT2D eigenvalue weighted by molar-refractivity contribution is 8.14. The van der Waals surface area contributed by atoms with Gasteiger partial charge in [-0.3, -0.25) is 0 Å². The molecule has 1 aliphatic rings. The minimum absolute atomic E-state index is 0.0729. The Balaban J connectivity index is 2.50. The first kappa shape index (κ1) is 4.52. The molecule has 0 aromatic heterocycles. The summed E-state index contributed by atoms with van der Waals surface area (Å²) < 4.78 is 0. The van der Waals surface area contributed by atoms with E-state index in [4.69, 9.17) is 5.11 Å². The van der Waals surface area contributed by atoms with Gasteiger partial charge in [-0.15, -0.1) is 0 Å². The third-order valence-electron chi connectivity index (χ3n) is 0.439. The number of hydrogen-bond acceptors (Lipinski definition) is 4. The van der Waals surface area contributed by atoms with Crippen LogP contribution in [-0.4, -0.2) is 10.7 Å². The highest BCUT2D eigenvalue weighted by Crippen LogP contribution is 2.02. The molecule has 0 aliphatic carbocycles. The molecule has 7 heavy (non-hydrogen) atoms. The van der Waals surface area contributed by atoms with Crippen molar-refractivity contribution in [3.8, 4) is 0 Å². The molecule has 1 rings (SSSR count). The smallest absolute Gasteiger partial charge is 0.211 e. The molecule has 1 radical (unpaired) electrons. The van der Waals surface area contributed by atoms with Crippen LogP contribution in [-0.2, 0) is 0 Å². The molecule has 1 heterocycles. The largest absolute Gasteiger partial charge is 0.493 e. The van der Waals surface area contributed by atoms with Crippen molar-refractivity contribution >= 4 is 17.3 Å². The molecule has 0 spiro atoms. The van der Waals surface area contributed by atoms with Crippen molar-refractivity contribution in [2.24, 2.45) is 5.10 Å². The maximum absolute atomic E-state index is 8.50. The van der Waals surface area contributed by atoms with Crippen molar-refractivity contribution in [3.05, 3.63) is 11.3 Å². The molecule has 0 saturated heterocycles. The maximum atomic E-state index is 8.50. The standard InChI is InChI=1S/C3H3N2OS/c6-3-1-7-2-4-5-3/h1,5-6H. The molecule has 0 unspecified atom stereocenters. The van der Waals surface area contributed by atoms with Gasteiger partial charge in [0.2, 0.25) is 5.88 Å². The summed E-state index contributed by atoms with van der Waals surface area (Å²) in [5, 5.41) is 13.4. The molecular weight excluding hydrogens is 112 g/mol. The van der Waals surface area contributed by atoms with Crippen molar-refractivity contribution in [2.45, 2.75) is 0 Å². The van der Waals surface area contributed by atoms with Crippen molar-refractivity contribution in [1.29, 1.82) is 0 Å². The van der Waals surface area contributed by atoms with Crippen LogP contribution in [0.4, 0.5) is 0 Å². The summed E-state index contributed by atoms with van der Waals surface area (Å²) in [6.45, 7) is 0. The molecule has 0 amide bonds. The van der Waals surface area contributed by atoms with Crippen LogP contribution in [0.5, 0.6) is 0 Å². The van der Waals surface area contributed by atoms with Gasteiger partial charge in [0.05, 0.1) is 0 Å². The minimum Gasteiger partial charge on any atom is -0.493 e. The fourth-order valence-corrected chi connectivity index (χ4v) is 0.530. The first-order valence-corrected chi connectivity index (χ1v) is 2.53. The molecule has 1 aliphatic heterocycles. The topological polar surface area (TPSA) is 44.6 Å². The van der Waals surface area contributed by atoms with E-state index in [1.807, 2.05) is 0 Å². The second kappa shape index (κ2) is 1.88. The number of aliphatic hydroxyl groups excluding tert-OH is 1. The lowest BCUT2D eigenvalue weighted by atomic mass is 10.9. The van der Waals surface area contributed by atoms with E-state index in [0.717, 1.165) is 0 Å². The SMILES string of the molecule is OC1=CS[C]=NN1. The zero-order valence-corrected chi connectivity index (χ0v) is 4.20. The molecule has 0 atom stereocenters. The predicted octanol–water partition coefficient (Wildman–Crippen LogP) is 0.500. The van der Waals surface area contributed by atoms with E-state index in [1.54, 1.807) is 0 Å². The van der Waals surface area contributed by atoms with Gasteiger partial charge in [-0.05, 0) is 0 Å². The number of thioether (sulfide) groups is 1. The van der Waals surface area contributed by atoms with Crippen LogP contribution in [0.2, 0.25) is 0 Å². The second-order valence-electron chi connectivity index (χ2n) is 0.936. The van der Waals surface area contributed by atoms with Gasteiger partial charge in [-0.1, -0.05) is 11.8 Å². The molecule has 0 aromatic carbocycles.